The zero-order valence-electron chi connectivity index (χ0n) is 31.8. The molecule has 0 bridgehead atoms. The van der Waals surface area contributed by atoms with Crippen LogP contribution in [-0.4, -0.2) is 77.8 Å². The molecule has 4 rings (SSSR count). The Morgan fingerprint density at radius 3 is 2.10 bits per heavy atom. The lowest BCUT2D eigenvalue weighted by atomic mass is 10.0. The largest absolute Gasteiger partial charge is 0.494 e. The van der Waals surface area contributed by atoms with E-state index < -0.39 is 17.7 Å². The topological polar surface area (TPSA) is 168 Å². The summed E-state index contributed by atoms with van der Waals surface area (Å²) in [6.45, 7) is 13.3. The molecule has 2 aliphatic carbocycles. The Morgan fingerprint density at radius 2 is 1.60 bits per heavy atom. The van der Waals surface area contributed by atoms with E-state index in [1.54, 1.807) is 6.92 Å². The Hall–Kier alpha value is -3.47. The molecule has 3 fully saturated rings. The van der Waals surface area contributed by atoms with Crippen LogP contribution in [0, 0.1) is 5.92 Å². The van der Waals surface area contributed by atoms with E-state index in [4.69, 9.17) is 10.5 Å². The van der Waals surface area contributed by atoms with Crippen LogP contribution in [0.25, 0.3) is 0 Å². The molecule has 1 aliphatic heterocycles. The summed E-state index contributed by atoms with van der Waals surface area (Å²) in [5.41, 5.74) is 5.68. The maximum atomic E-state index is 12.2. The number of unbranched alkanes of at least 4 members (excludes halogenated alkanes) is 1. The van der Waals surface area contributed by atoms with E-state index in [9.17, 15) is 29.1 Å². The van der Waals surface area contributed by atoms with E-state index >= 15 is 0 Å². The Bertz CT molecular complexity index is 1080. The van der Waals surface area contributed by atoms with Gasteiger partial charge in [-0.25, -0.2) is 0 Å². The lowest BCUT2D eigenvalue weighted by molar-refractivity contribution is -0.137. The summed E-state index contributed by atoms with van der Waals surface area (Å²) < 4.78 is 5.71. The molecule has 11 nitrogen and oxygen atoms in total. The van der Waals surface area contributed by atoms with Crippen LogP contribution >= 0.6 is 0 Å². The number of nitrogens with zero attached hydrogens (tertiary/aromatic N) is 1. The predicted octanol–water partition coefficient (Wildman–Crippen LogP) is 5.63. The zero-order valence-corrected chi connectivity index (χ0v) is 31.8. The van der Waals surface area contributed by atoms with Crippen LogP contribution in [0.4, 0.5) is 0 Å². The minimum absolute atomic E-state index is 0.0115. The van der Waals surface area contributed by atoms with Crippen molar-refractivity contribution in [2.45, 2.75) is 156 Å². The first-order valence-corrected chi connectivity index (χ1v) is 19.1. The lowest BCUT2D eigenvalue weighted by Gasteiger charge is -2.21. The third-order valence-electron chi connectivity index (χ3n) is 8.45. The Balaban J connectivity index is 0.000000856. The Labute approximate surface area is 301 Å². The highest BCUT2D eigenvalue weighted by molar-refractivity contribution is 6.37. The molecule has 11 heteroatoms. The van der Waals surface area contributed by atoms with Crippen molar-refractivity contribution in [1.29, 1.82) is 0 Å². The molecule has 2 saturated carbocycles. The summed E-state index contributed by atoms with van der Waals surface area (Å²) in [5, 5.41) is 14.3. The highest BCUT2D eigenvalue weighted by atomic mass is 16.5. The number of hydrogen-bond acceptors (Lipinski definition) is 7. The summed E-state index contributed by atoms with van der Waals surface area (Å²) in [6.07, 6.45) is 16.7. The van der Waals surface area contributed by atoms with Crippen LogP contribution in [0.15, 0.2) is 24.3 Å². The summed E-state index contributed by atoms with van der Waals surface area (Å²) >= 11 is 0. The fourth-order valence-electron chi connectivity index (χ4n) is 5.56. The van der Waals surface area contributed by atoms with Gasteiger partial charge in [-0.05, 0) is 76.0 Å². The van der Waals surface area contributed by atoms with Gasteiger partial charge in [0.1, 0.15) is 5.75 Å². The van der Waals surface area contributed by atoms with Crippen LogP contribution in [0.3, 0.4) is 0 Å². The van der Waals surface area contributed by atoms with Crippen molar-refractivity contribution in [3.8, 4) is 5.75 Å². The molecule has 1 heterocycles. The number of benzene rings is 1. The molecule has 3 aliphatic rings. The van der Waals surface area contributed by atoms with Gasteiger partial charge in [0.15, 0.2) is 0 Å². The van der Waals surface area contributed by atoms with Gasteiger partial charge in [-0.3, -0.25) is 24.0 Å². The first-order valence-electron chi connectivity index (χ1n) is 19.1. The molecule has 0 spiro atoms. The second-order valence-electron chi connectivity index (χ2n) is 12.7. The van der Waals surface area contributed by atoms with E-state index in [-0.39, 0.29) is 36.9 Å². The van der Waals surface area contributed by atoms with Crippen LogP contribution < -0.4 is 21.1 Å². The molecule has 1 aromatic rings. The molecular formula is C39H68N4O7. The molecule has 286 valence electrons. The summed E-state index contributed by atoms with van der Waals surface area (Å²) in [6, 6.07) is 7.02. The molecule has 5 N–H and O–H groups in total. The van der Waals surface area contributed by atoms with Gasteiger partial charge in [0.05, 0.1) is 31.7 Å². The molecule has 3 unspecified atom stereocenters. The van der Waals surface area contributed by atoms with Crippen molar-refractivity contribution < 1.29 is 33.8 Å². The normalized spacial score (nSPS) is 17.2. The number of hydrogen-bond donors (Lipinski definition) is 4. The minimum Gasteiger partial charge on any atom is -0.494 e. The SMILES string of the molecule is C1CCCCC1.CC.CC.CC(O)CCCCOc1cccc(CC(=O)NCC(=O)N2CCCC2C)c1.NC(=O)C(=O)C(CC1CC1)NC=O. The molecule has 0 radical (unpaired) electrons. The molecule has 1 saturated heterocycles. The number of ketones is 1. The van der Waals surface area contributed by atoms with Crippen molar-refractivity contribution in [2.24, 2.45) is 11.7 Å². The number of amides is 4. The molecule has 3 atom stereocenters. The fourth-order valence-corrected chi connectivity index (χ4v) is 5.56. The standard InChI is InChI=1S/C21H32N2O4.C8H12N2O3.C6H12.2C2H6/c1-16-7-6-11-23(16)21(26)15-22-20(25)14-18-9-5-10-19(13-18)27-12-4-3-8-17(2)24;9-8(13)7(12)6(10-4-11)3-5-1-2-5;1-2-4-6-5-3-1;2*1-2/h5,9-10,13,16-17,24H,3-4,6-8,11-12,14-15H2,1-2H3,(H,22,25);4-6H,1-3H2,(H2,9,13)(H,10,11);1-6H2;2*1-2H3. The smallest absolute Gasteiger partial charge is 0.287 e. The number of carbonyl (C=O) groups is 5. The number of ether oxygens (including phenoxy) is 1. The number of Topliss-reactive ketones (excluding diaryl/α,β-unsaturated/α-hetero) is 1. The van der Waals surface area contributed by atoms with Gasteiger partial charge in [0.2, 0.25) is 24.0 Å². The van der Waals surface area contributed by atoms with Gasteiger partial charge in [-0.15, -0.1) is 0 Å². The molecular weight excluding hydrogens is 636 g/mol. The number of likely N-dealkylation sites (tertiary alicyclic amines) is 1. The number of rotatable bonds is 16. The monoisotopic (exact) mass is 705 g/mol. The fraction of sp³-hybridized carbons (Fsp3) is 0.718. The van der Waals surface area contributed by atoms with Crippen LogP contribution in [0.1, 0.15) is 137 Å². The number of carbonyl (C=O) groups excluding carboxylic acids is 5. The second kappa shape index (κ2) is 29.3. The highest BCUT2D eigenvalue weighted by Crippen LogP contribution is 2.33. The number of nitrogens with two attached hydrogens (primary N) is 1. The van der Waals surface area contributed by atoms with Crippen molar-refractivity contribution >= 4 is 29.9 Å². The maximum Gasteiger partial charge on any atom is 0.287 e. The van der Waals surface area contributed by atoms with E-state index in [0.29, 0.717) is 25.4 Å². The van der Waals surface area contributed by atoms with Gasteiger partial charge < -0.3 is 31.1 Å². The van der Waals surface area contributed by atoms with Crippen molar-refractivity contribution in [3.05, 3.63) is 29.8 Å². The number of aliphatic hydroxyl groups excluding tert-OH is 1. The molecule has 0 aromatic heterocycles. The average molecular weight is 705 g/mol. The van der Waals surface area contributed by atoms with Crippen LogP contribution in [0.2, 0.25) is 0 Å². The van der Waals surface area contributed by atoms with E-state index in [2.05, 4.69) is 10.6 Å². The van der Waals surface area contributed by atoms with E-state index in [1.807, 2.05) is 63.8 Å². The van der Waals surface area contributed by atoms with Crippen LogP contribution in [-0.2, 0) is 30.4 Å². The van der Waals surface area contributed by atoms with Crippen LogP contribution in [0.5, 0.6) is 5.75 Å². The van der Waals surface area contributed by atoms with Gasteiger partial charge in [0, 0.05) is 12.6 Å². The first-order chi connectivity index (χ1) is 24.1. The molecule has 4 amide bonds. The van der Waals surface area contributed by atoms with Gasteiger partial charge in [-0.2, -0.15) is 0 Å². The maximum absolute atomic E-state index is 12.2. The second-order valence-corrected chi connectivity index (χ2v) is 12.7. The van der Waals surface area contributed by atoms with Crippen molar-refractivity contribution in [1.82, 2.24) is 15.5 Å². The predicted molar refractivity (Wildman–Crippen MR) is 200 cm³/mol. The van der Waals surface area contributed by atoms with E-state index in [1.165, 1.54) is 38.5 Å². The lowest BCUT2D eigenvalue weighted by Crippen LogP contribution is -2.43. The molecule has 50 heavy (non-hydrogen) atoms. The number of primary amides is 1. The Kier molecular flexibility index (Phi) is 27.2. The van der Waals surface area contributed by atoms with Gasteiger partial charge >= 0.3 is 0 Å². The summed E-state index contributed by atoms with van der Waals surface area (Å²) in [5.74, 6) is -0.675. The number of nitrogens with one attached hydrogen (secondary N) is 2. The minimum atomic E-state index is -0.986. The van der Waals surface area contributed by atoms with Crippen molar-refractivity contribution in [2.75, 3.05) is 19.7 Å². The zero-order chi connectivity index (χ0) is 37.7. The first kappa shape index (κ1) is 46.5. The van der Waals surface area contributed by atoms with Gasteiger partial charge in [-0.1, -0.05) is 91.2 Å². The summed E-state index contributed by atoms with van der Waals surface area (Å²) in [4.78, 5) is 57.9. The van der Waals surface area contributed by atoms with E-state index in [0.717, 1.165) is 62.8 Å². The third-order valence-corrected chi connectivity index (χ3v) is 8.45. The quantitative estimate of drug-likeness (QED) is 0.0982. The molecule has 1 aromatic carbocycles. The summed E-state index contributed by atoms with van der Waals surface area (Å²) in [7, 11) is 0. The Morgan fingerprint density at radius 1 is 0.980 bits per heavy atom. The van der Waals surface area contributed by atoms with Crippen molar-refractivity contribution in [3.63, 3.8) is 0 Å². The van der Waals surface area contributed by atoms with Gasteiger partial charge in [0.25, 0.3) is 5.91 Å². The average Bonchev–Trinajstić information content (AvgIpc) is 3.85. The number of aliphatic hydroxyl groups is 1. The highest BCUT2D eigenvalue weighted by Gasteiger charge is 2.31. The third kappa shape index (κ3) is 22.3.